The Kier molecular flexibility index (Phi) is 4.11. The highest BCUT2D eigenvalue weighted by molar-refractivity contribution is 7.09. The number of piperidine rings is 1. The number of para-hydroxylation sites is 1. The highest BCUT2D eigenvalue weighted by atomic mass is 32.1. The van der Waals surface area contributed by atoms with Gasteiger partial charge in [0.05, 0.1) is 6.54 Å². The third-order valence-corrected chi connectivity index (χ3v) is 7.23. The molecule has 1 spiro atoms. The minimum Gasteiger partial charge on any atom is -0.361 e. The fourth-order valence-corrected chi connectivity index (χ4v) is 5.50. The van der Waals surface area contributed by atoms with Crippen molar-refractivity contribution < 1.29 is 0 Å². The molecule has 3 aromatic rings. The Balaban J connectivity index is 1.19. The molecule has 1 aromatic carbocycles. The number of nitrogens with zero attached hydrogens (tertiary/aromatic N) is 3. The summed E-state index contributed by atoms with van der Waals surface area (Å²) in [5.74, 6) is 0. The van der Waals surface area contributed by atoms with E-state index in [1.165, 1.54) is 53.8 Å². The molecule has 1 aliphatic heterocycles. The first-order chi connectivity index (χ1) is 12.7. The molecule has 5 rings (SSSR count). The van der Waals surface area contributed by atoms with Crippen molar-refractivity contribution >= 4 is 22.2 Å². The number of rotatable bonds is 5. The average molecular weight is 367 g/mol. The minimum atomic E-state index is 0.570. The summed E-state index contributed by atoms with van der Waals surface area (Å²) in [4.78, 5) is 13.0. The van der Waals surface area contributed by atoms with Crippen molar-refractivity contribution in [1.82, 2.24) is 19.8 Å². The smallest absolute Gasteiger partial charge is 0.107 e. The molecule has 0 bridgehead atoms. The van der Waals surface area contributed by atoms with Crippen LogP contribution in [0.4, 0.5) is 0 Å². The second kappa shape index (κ2) is 6.48. The largest absolute Gasteiger partial charge is 0.361 e. The van der Waals surface area contributed by atoms with E-state index >= 15 is 0 Å². The first-order valence-electron chi connectivity index (χ1n) is 9.59. The van der Waals surface area contributed by atoms with Crippen molar-refractivity contribution in [3.8, 4) is 0 Å². The van der Waals surface area contributed by atoms with E-state index in [0.717, 1.165) is 19.1 Å². The summed E-state index contributed by atoms with van der Waals surface area (Å²) in [7, 11) is 2.28. The van der Waals surface area contributed by atoms with Gasteiger partial charge in [-0.3, -0.25) is 9.80 Å². The first kappa shape index (κ1) is 16.5. The van der Waals surface area contributed by atoms with Crippen molar-refractivity contribution in [1.29, 1.82) is 0 Å². The van der Waals surface area contributed by atoms with Gasteiger partial charge in [0, 0.05) is 35.9 Å². The number of benzene rings is 1. The fraction of sp³-hybridized carbons (Fsp3) is 0.476. The van der Waals surface area contributed by atoms with Gasteiger partial charge in [0.25, 0.3) is 0 Å². The van der Waals surface area contributed by atoms with Crippen molar-refractivity contribution in [3.63, 3.8) is 0 Å². The van der Waals surface area contributed by atoms with E-state index in [0.29, 0.717) is 5.41 Å². The van der Waals surface area contributed by atoms with E-state index in [1.807, 2.05) is 12.4 Å². The van der Waals surface area contributed by atoms with Gasteiger partial charge in [-0.2, -0.15) is 0 Å². The summed E-state index contributed by atoms with van der Waals surface area (Å²) in [6, 6.07) is 9.55. The molecule has 1 saturated heterocycles. The molecular weight excluding hydrogens is 340 g/mol. The summed E-state index contributed by atoms with van der Waals surface area (Å²) in [6.45, 7) is 4.51. The summed E-state index contributed by atoms with van der Waals surface area (Å²) < 4.78 is 0. The zero-order chi connectivity index (χ0) is 17.6. The summed E-state index contributed by atoms with van der Waals surface area (Å²) in [5, 5.41) is 4.64. The van der Waals surface area contributed by atoms with Crippen LogP contribution < -0.4 is 0 Å². The standard InChI is InChI=1S/C21H26N4S/c1-24(15-19-22-9-12-26-19)18-13-21(18)6-10-25(11-7-21)14-17-4-2-3-16-5-8-23-20(16)17/h2-5,8-9,12,18,23H,6-7,10-11,13-15H2,1H3. The van der Waals surface area contributed by atoms with E-state index in [2.05, 4.69) is 56.5 Å². The maximum Gasteiger partial charge on any atom is 0.107 e. The molecule has 2 aromatic heterocycles. The molecule has 1 unspecified atom stereocenters. The van der Waals surface area contributed by atoms with Crippen LogP contribution in [0.15, 0.2) is 42.0 Å². The molecule has 1 N–H and O–H groups in total. The number of H-pyrrole nitrogens is 1. The zero-order valence-corrected chi connectivity index (χ0v) is 16.1. The number of hydrogen-bond donors (Lipinski definition) is 1. The van der Waals surface area contributed by atoms with Crippen LogP contribution in [-0.2, 0) is 13.1 Å². The third-order valence-electron chi connectivity index (χ3n) is 6.47. The molecule has 0 amide bonds. The van der Waals surface area contributed by atoms with Crippen LogP contribution in [0.3, 0.4) is 0 Å². The predicted molar refractivity (Wildman–Crippen MR) is 107 cm³/mol. The molecule has 2 aliphatic rings. The average Bonchev–Trinajstić information content (AvgIpc) is 3.03. The second-order valence-corrected chi connectivity index (χ2v) is 9.04. The van der Waals surface area contributed by atoms with Gasteiger partial charge < -0.3 is 4.98 Å². The lowest BCUT2D eigenvalue weighted by molar-refractivity contribution is 0.140. The lowest BCUT2D eigenvalue weighted by atomic mass is 9.92. The van der Waals surface area contributed by atoms with E-state index in [1.54, 1.807) is 11.3 Å². The maximum atomic E-state index is 4.44. The lowest BCUT2D eigenvalue weighted by Crippen LogP contribution is -2.37. The molecule has 3 heterocycles. The number of nitrogens with one attached hydrogen (secondary N) is 1. The minimum absolute atomic E-state index is 0.570. The van der Waals surface area contributed by atoms with Gasteiger partial charge in [-0.15, -0.1) is 11.3 Å². The fourth-order valence-electron chi connectivity index (χ4n) is 4.82. The molecule has 136 valence electrons. The molecular formula is C21H26N4S. The van der Waals surface area contributed by atoms with Gasteiger partial charge in [0.15, 0.2) is 0 Å². The molecule has 5 heteroatoms. The van der Waals surface area contributed by atoms with Crippen LogP contribution in [-0.4, -0.2) is 45.9 Å². The van der Waals surface area contributed by atoms with Crippen LogP contribution in [0.25, 0.3) is 10.9 Å². The van der Waals surface area contributed by atoms with Crippen LogP contribution in [0, 0.1) is 5.41 Å². The highest BCUT2D eigenvalue weighted by Crippen LogP contribution is 2.56. The maximum absolute atomic E-state index is 4.44. The predicted octanol–water partition coefficient (Wildman–Crippen LogP) is 4.11. The van der Waals surface area contributed by atoms with Crippen LogP contribution in [0.1, 0.15) is 29.8 Å². The quantitative estimate of drug-likeness (QED) is 0.738. The van der Waals surface area contributed by atoms with Crippen LogP contribution >= 0.6 is 11.3 Å². The van der Waals surface area contributed by atoms with Crippen LogP contribution in [0.5, 0.6) is 0 Å². The molecule has 0 radical (unpaired) electrons. The van der Waals surface area contributed by atoms with Gasteiger partial charge in [-0.1, -0.05) is 18.2 Å². The number of aromatic amines is 1. The molecule has 1 aliphatic carbocycles. The van der Waals surface area contributed by atoms with Gasteiger partial charge in [-0.25, -0.2) is 4.98 Å². The number of thiazole rings is 1. The Morgan fingerprint density at radius 2 is 2.19 bits per heavy atom. The highest BCUT2D eigenvalue weighted by Gasteiger charge is 2.56. The lowest BCUT2D eigenvalue weighted by Gasteiger charge is -2.34. The molecule has 4 nitrogen and oxygen atoms in total. The molecule has 1 saturated carbocycles. The number of aromatic nitrogens is 2. The van der Waals surface area contributed by atoms with E-state index in [-0.39, 0.29) is 0 Å². The summed E-state index contributed by atoms with van der Waals surface area (Å²) in [5.41, 5.74) is 3.30. The van der Waals surface area contributed by atoms with Crippen LogP contribution in [0.2, 0.25) is 0 Å². The normalized spacial score (nSPS) is 22.5. The summed E-state index contributed by atoms with van der Waals surface area (Å²) in [6.07, 6.45) is 8.00. The number of likely N-dealkylation sites (tertiary alicyclic amines) is 1. The Hall–Kier alpha value is -1.69. The zero-order valence-electron chi connectivity index (χ0n) is 15.3. The van der Waals surface area contributed by atoms with Crippen molar-refractivity contribution in [2.24, 2.45) is 5.41 Å². The Morgan fingerprint density at radius 3 is 3.00 bits per heavy atom. The van der Waals surface area contributed by atoms with Gasteiger partial charge in [-0.05, 0) is 61.8 Å². The molecule has 1 atom stereocenters. The monoisotopic (exact) mass is 366 g/mol. The summed E-state index contributed by atoms with van der Waals surface area (Å²) >= 11 is 1.77. The third kappa shape index (κ3) is 2.98. The van der Waals surface area contributed by atoms with E-state index < -0.39 is 0 Å². The van der Waals surface area contributed by atoms with Gasteiger partial charge in [0.1, 0.15) is 5.01 Å². The topological polar surface area (TPSA) is 35.2 Å². The van der Waals surface area contributed by atoms with Crippen molar-refractivity contribution in [3.05, 3.63) is 52.6 Å². The van der Waals surface area contributed by atoms with Gasteiger partial charge >= 0.3 is 0 Å². The Labute approximate surface area is 158 Å². The van der Waals surface area contributed by atoms with E-state index in [4.69, 9.17) is 0 Å². The second-order valence-electron chi connectivity index (χ2n) is 8.06. The SMILES string of the molecule is CN(Cc1nccs1)C1CC12CCN(Cc1cccc3cc[nH]c13)CC2. The molecule has 26 heavy (non-hydrogen) atoms. The van der Waals surface area contributed by atoms with Gasteiger partial charge in [0.2, 0.25) is 0 Å². The molecule has 2 fully saturated rings. The number of hydrogen-bond acceptors (Lipinski definition) is 4. The first-order valence-corrected chi connectivity index (χ1v) is 10.5. The Bertz CT molecular complexity index is 876. The van der Waals surface area contributed by atoms with Crippen molar-refractivity contribution in [2.45, 2.75) is 38.4 Å². The number of fused-ring (bicyclic) bond motifs is 1. The Morgan fingerprint density at radius 1 is 1.31 bits per heavy atom. The van der Waals surface area contributed by atoms with Crippen molar-refractivity contribution in [2.75, 3.05) is 20.1 Å². The van der Waals surface area contributed by atoms with E-state index in [9.17, 15) is 0 Å².